The van der Waals surface area contributed by atoms with Gasteiger partial charge in [0.2, 0.25) is 5.91 Å². The summed E-state index contributed by atoms with van der Waals surface area (Å²) in [7, 11) is 1.25. The molecule has 254 valence electrons. The SMILES string of the molecule is CCCC/C=C\CCCCCCCC(=O)NC(COP(=O)([O-])OCC[N+](C)(C)C)C(O)/C=C/CCCCCCCCCC. The smallest absolute Gasteiger partial charge is 0.268 e. The maximum atomic E-state index is 12.7. The number of hydrogen-bond donors (Lipinski definition) is 2. The summed E-state index contributed by atoms with van der Waals surface area (Å²) < 4.78 is 23.0. The minimum absolute atomic E-state index is 0.00247. The molecular formula is C34H67N2O6P. The third-order valence-electron chi connectivity index (χ3n) is 7.41. The Balaban J connectivity index is 4.64. The predicted octanol–water partition coefficient (Wildman–Crippen LogP) is 7.60. The second kappa shape index (κ2) is 27.3. The fraction of sp³-hybridized carbons (Fsp3) is 0.853. The monoisotopic (exact) mass is 630 g/mol. The van der Waals surface area contributed by atoms with Crippen molar-refractivity contribution in [3.05, 3.63) is 24.3 Å². The molecule has 3 unspecified atom stereocenters. The minimum Gasteiger partial charge on any atom is -0.756 e. The quantitative estimate of drug-likeness (QED) is 0.0366. The van der Waals surface area contributed by atoms with Crippen LogP contribution in [-0.2, 0) is 18.4 Å². The molecule has 0 heterocycles. The number of rotatable bonds is 30. The number of aliphatic hydroxyl groups is 1. The van der Waals surface area contributed by atoms with Crippen LogP contribution >= 0.6 is 7.82 Å². The predicted molar refractivity (Wildman–Crippen MR) is 178 cm³/mol. The number of phosphoric acid groups is 1. The molecule has 0 aromatic heterocycles. The second-order valence-electron chi connectivity index (χ2n) is 12.9. The third kappa shape index (κ3) is 29.5. The first-order chi connectivity index (χ1) is 20.5. The fourth-order valence-corrected chi connectivity index (χ4v) is 5.26. The average Bonchev–Trinajstić information content (AvgIpc) is 2.94. The molecular weight excluding hydrogens is 563 g/mol. The maximum Gasteiger partial charge on any atom is 0.268 e. The second-order valence-corrected chi connectivity index (χ2v) is 14.3. The first kappa shape index (κ1) is 42.0. The molecule has 0 fully saturated rings. The van der Waals surface area contributed by atoms with Gasteiger partial charge in [-0.15, -0.1) is 0 Å². The molecule has 0 aromatic carbocycles. The molecule has 9 heteroatoms. The van der Waals surface area contributed by atoms with Crippen LogP contribution in [0.1, 0.15) is 136 Å². The number of aliphatic hydroxyl groups excluding tert-OH is 1. The molecule has 1 amide bonds. The van der Waals surface area contributed by atoms with Gasteiger partial charge in [-0.2, -0.15) is 0 Å². The van der Waals surface area contributed by atoms with Crippen molar-refractivity contribution in [2.45, 2.75) is 148 Å². The lowest BCUT2D eigenvalue weighted by molar-refractivity contribution is -0.870. The molecule has 0 aliphatic rings. The van der Waals surface area contributed by atoms with Crippen LogP contribution in [-0.4, -0.2) is 68.5 Å². The number of amides is 1. The molecule has 2 N–H and O–H groups in total. The Morgan fingerprint density at radius 1 is 0.791 bits per heavy atom. The van der Waals surface area contributed by atoms with E-state index >= 15 is 0 Å². The zero-order valence-corrected chi connectivity index (χ0v) is 29.3. The van der Waals surface area contributed by atoms with E-state index in [-0.39, 0.29) is 19.1 Å². The zero-order valence-electron chi connectivity index (χ0n) is 28.4. The normalized spacial score (nSPS) is 15.2. The first-order valence-electron chi connectivity index (χ1n) is 17.2. The van der Waals surface area contributed by atoms with Crippen molar-refractivity contribution in [2.24, 2.45) is 0 Å². The van der Waals surface area contributed by atoms with Crippen molar-refractivity contribution in [1.29, 1.82) is 0 Å². The van der Waals surface area contributed by atoms with Crippen LogP contribution < -0.4 is 10.2 Å². The lowest BCUT2D eigenvalue weighted by Gasteiger charge is -2.29. The number of carbonyl (C=O) groups is 1. The lowest BCUT2D eigenvalue weighted by Crippen LogP contribution is -2.45. The summed E-state index contributed by atoms with van der Waals surface area (Å²) in [6, 6.07) is -0.883. The number of hydrogen-bond acceptors (Lipinski definition) is 6. The highest BCUT2D eigenvalue weighted by Gasteiger charge is 2.23. The van der Waals surface area contributed by atoms with E-state index in [1.54, 1.807) is 6.08 Å². The van der Waals surface area contributed by atoms with Gasteiger partial charge in [-0.3, -0.25) is 9.36 Å². The molecule has 0 bridgehead atoms. The molecule has 8 nitrogen and oxygen atoms in total. The van der Waals surface area contributed by atoms with Gasteiger partial charge in [-0.1, -0.05) is 115 Å². The lowest BCUT2D eigenvalue weighted by atomic mass is 10.1. The Morgan fingerprint density at radius 2 is 1.30 bits per heavy atom. The van der Waals surface area contributed by atoms with E-state index in [1.165, 1.54) is 51.4 Å². The summed E-state index contributed by atoms with van der Waals surface area (Å²) in [5.74, 6) is -0.213. The van der Waals surface area contributed by atoms with Crippen molar-refractivity contribution >= 4 is 13.7 Å². The molecule has 3 atom stereocenters. The third-order valence-corrected chi connectivity index (χ3v) is 8.37. The number of phosphoric ester groups is 1. The number of carbonyl (C=O) groups excluding carboxylic acids is 1. The number of unbranched alkanes of at least 4 members (excludes halogenated alkanes) is 15. The van der Waals surface area contributed by atoms with Gasteiger partial charge in [-0.25, -0.2) is 0 Å². The van der Waals surface area contributed by atoms with Crippen molar-refractivity contribution in [2.75, 3.05) is 40.9 Å². The van der Waals surface area contributed by atoms with E-state index in [4.69, 9.17) is 9.05 Å². The van der Waals surface area contributed by atoms with Gasteiger partial charge in [0.25, 0.3) is 7.82 Å². The topological polar surface area (TPSA) is 108 Å². The van der Waals surface area contributed by atoms with E-state index < -0.39 is 20.0 Å². The highest BCUT2D eigenvalue weighted by molar-refractivity contribution is 7.45. The van der Waals surface area contributed by atoms with E-state index in [0.29, 0.717) is 17.4 Å². The van der Waals surface area contributed by atoms with Crippen molar-refractivity contribution in [3.8, 4) is 0 Å². The highest BCUT2D eigenvalue weighted by Crippen LogP contribution is 2.38. The van der Waals surface area contributed by atoms with E-state index in [9.17, 15) is 19.4 Å². The Morgan fingerprint density at radius 3 is 1.88 bits per heavy atom. The Hall–Kier alpha value is -1.02. The van der Waals surface area contributed by atoms with Crippen LogP contribution in [0, 0.1) is 0 Å². The van der Waals surface area contributed by atoms with Gasteiger partial charge in [-0.05, 0) is 38.5 Å². The molecule has 0 radical (unpaired) electrons. The van der Waals surface area contributed by atoms with Crippen LogP contribution in [0.4, 0.5) is 0 Å². The summed E-state index contributed by atoms with van der Waals surface area (Å²) >= 11 is 0. The van der Waals surface area contributed by atoms with Gasteiger partial charge in [0.05, 0.1) is 39.9 Å². The molecule has 0 saturated heterocycles. The van der Waals surface area contributed by atoms with Crippen molar-refractivity contribution in [3.63, 3.8) is 0 Å². The number of allylic oxidation sites excluding steroid dienone is 3. The summed E-state index contributed by atoms with van der Waals surface area (Å²) in [5.41, 5.74) is 0. The molecule has 0 spiro atoms. The number of quaternary nitrogens is 1. The molecule has 0 saturated carbocycles. The van der Waals surface area contributed by atoms with Crippen LogP contribution in [0.15, 0.2) is 24.3 Å². The average molecular weight is 631 g/mol. The van der Waals surface area contributed by atoms with Gasteiger partial charge in [0, 0.05) is 6.42 Å². The van der Waals surface area contributed by atoms with Crippen molar-refractivity contribution < 1.29 is 32.9 Å². The highest BCUT2D eigenvalue weighted by atomic mass is 31.2. The molecule has 43 heavy (non-hydrogen) atoms. The number of nitrogens with zero attached hydrogens (tertiary/aromatic N) is 1. The van der Waals surface area contributed by atoms with Gasteiger partial charge < -0.3 is 28.8 Å². The molecule has 0 aromatic rings. The Labute approximate surface area is 264 Å². The fourth-order valence-electron chi connectivity index (χ4n) is 4.54. The van der Waals surface area contributed by atoms with Crippen LogP contribution in [0.5, 0.6) is 0 Å². The molecule has 0 rings (SSSR count). The standard InChI is InChI=1S/C34H67N2O6P/c1-6-8-10-12-14-16-18-20-22-24-26-28-34(38)35-32(31-42-43(39,40)41-30-29-36(3,4)5)33(37)27-25-23-21-19-17-15-13-11-9-7-2/h12,14,25,27,32-33,37H,6-11,13,15-24,26,28-31H2,1-5H3,(H-,35,38,39,40)/b14-12-,27-25+. The molecule has 0 aliphatic carbocycles. The van der Waals surface area contributed by atoms with E-state index in [0.717, 1.165) is 64.2 Å². The Bertz CT molecular complexity index is 768. The zero-order chi connectivity index (χ0) is 32.2. The van der Waals surface area contributed by atoms with Crippen LogP contribution in [0.25, 0.3) is 0 Å². The summed E-state index contributed by atoms with van der Waals surface area (Å²) in [5, 5.41) is 13.6. The van der Waals surface area contributed by atoms with Gasteiger partial charge in [0.15, 0.2) is 0 Å². The van der Waals surface area contributed by atoms with E-state index in [2.05, 4.69) is 31.3 Å². The summed E-state index contributed by atoms with van der Waals surface area (Å²) in [4.78, 5) is 25.0. The first-order valence-corrected chi connectivity index (χ1v) is 18.7. The minimum atomic E-state index is -4.57. The van der Waals surface area contributed by atoms with Crippen LogP contribution in [0.3, 0.4) is 0 Å². The van der Waals surface area contributed by atoms with Gasteiger partial charge in [0.1, 0.15) is 13.2 Å². The number of likely N-dealkylation sites (N-methyl/N-ethyl adjacent to an activating group) is 1. The van der Waals surface area contributed by atoms with Crippen LogP contribution in [0.2, 0.25) is 0 Å². The van der Waals surface area contributed by atoms with Gasteiger partial charge >= 0.3 is 0 Å². The van der Waals surface area contributed by atoms with E-state index in [1.807, 2.05) is 27.2 Å². The molecule has 0 aliphatic heterocycles. The number of nitrogens with one attached hydrogen (secondary N) is 1. The summed E-state index contributed by atoms with van der Waals surface area (Å²) in [6.45, 7) is 4.54. The Kier molecular flexibility index (Phi) is 26.7. The summed E-state index contributed by atoms with van der Waals surface area (Å²) in [6.07, 6.45) is 27.9. The van der Waals surface area contributed by atoms with Crippen molar-refractivity contribution in [1.82, 2.24) is 5.32 Å². The maximum absolute atomic E-state index is 12.7. The largest absolute Gasteiger partial charge is 0.756 e.